The molecule has 8 heteroatoms. The van der Waals surface area contributed by atoms with Crippen LogP contribution in [0, 0.1) is 0 Å². The number of aryl methyl sites for hydroxylation is 2. The molecule has 8 nitrogen and oxygen atoms in total. The Hall–Kier alpha value is -3.29. The third-order valence-electron chi connectivity index (χ3n) is 5.72. The van der Waals surface area contributed by atoms with Crippen molar-refractivity contribution >= 4 is 5.91 Å². The Morgan fingerprint density at radius 2 is 2.17 bits per heavy atom. The molecule has 1 atom stereocenters. The zero-order valence-corrected chi connectivity index (χ0v) is 16.0. The van der Waals surface area contributed by atoms with E-state index in [0.29, 0.717) is 18.8 Å². The Morgan fingerprint density at radius 3 is 3.03 bits per heavy atom. The second-order valence-corrected chi connectivity index (χ2v) is 7.60. The molecule has 0 N–H and O–H groups in total. The molecule has 0 radical (unpaired) electrons. The van der Waals surface area contributed by atoms with E-state index in [0.717, 1.165) is 48.9 Å². The molecule has 1 fully saturated rings. The molecule has 148 valence electrons. The van der Waals surface area contributed by atoms with Gasteiger partial charge in [0.05, 0.1) is 18.3 Å². The highest BCUT2D eigenvalue weighted by molar-refractivity contribution is 5.93. The van der Waals surface area contributed by atoms with Crippen LogP contribution in [0.25, 0.3) is 11.3 Å². The molecule has 3 aromatic heterocycles. The van der Waals surface area contributed by atoms with E-state index in [1.165, 1.54) is 4.68 Å². The van der Waals surface area contributed by atoms with Crippen LogP contribution in [0.5, 0.6) is 0 Å². The van der Waals surface area contributed by atoms with Gasteiger partial charge in [-0.3, -0.25) is 14.6 Å². The van der Waals surface area contributed by atoms with Crippen LogP contribution in [0.4, 0.5) is 0 Å². The minimum atomic E-state index is -0.180. The summed E-state index contributed by atoms with van der Waals surface area (Å²) in [4.78, 5) is 31.3. The van der Waals surface area contributed by atoms with Gasteiger partial charge in [-0.1, -0.05) is 5.16 Å². The number of carbonyl (C=O) groups is 1. The van der Waals surface area contributed by atoms with E-state index >= 15 is 0 Å². The molecule has 5 rings (SSSR count). The van der Waals surface area contributed by atoms with Gasteiger partial charge < -0.3 is 9.42 Å². The molecular formula is C21H21N5O3. The lowest BCUT2D eigenvalue weighted by Crippen LogP contribution is -2.41. The van der Waals surface area contributed by atoms with E-state index < -0.39 is 0 Å². The van der Waals surface area contributed by atoms with Gasteiger partial charge in [-0.2, -0.15) is 5.10 Å². The Morgan fingerprint density at radius 1 is 1.24 bits per heavy atom. The molecule has 2 aliphatic rings. The van der Waals surface area contributed by atoms with E-state index in [-0.39, 0.29) is 23.2 Å². The van der Waals surface area contributed by atoms with Gasteiger partial charge in [0.1, 0.15) is 0 Å². The van der Waals surface area contributed by atoms with Gasteiger partial charge in [0.15, 0.2) is 11.5 Å². The van der Waals surface area contributed by atoms with Crippen LogP contribution in [0.15, 0.2) is 46.0 Å². The van der Waals surface area contributed by atoms with Crippen LogP contribution in [-0.2, 0) is 19.4 Å². The van der Waals surface area contributed by atoms with Crippen LogP contribution in [0.3, 0.4) is 0 Å². The van der Waals surface area contributed by atoms with Crippen LogP contribution in [-0.4, -0.2) is 43.3 Å². The predicted molar refractivity (Wildman–Crippen MR) is 104 cm³/mol. The zero-order valence-electron chi connectivity index (χ0n) is 16.0. The number of rotatable bonds is 4. The van der Waals surface area contributed by atoms with E-state index in [9.17, 15) is 9.59 Å². The van der Waals surface area contributed by atoms with Crippen LogP contribution >= 0.6 is 0 Å². The molecule has 3 aromatic rings. The number of hydrogen-bond acceptors (Lipinski definition) is 6. The highest BCUT2D eigenvalue weighted by Gasteiger charge is 2.32. The van der Waals surface area contributed by atoms with E-state index in [1.54, 1.807) is 35.5 Å². The van der Waals surface area contributed by atoms with E-state index in [1.807, 2.05) is 6.07 Å². The Balaban J connectivity index is 1.35. The topological polar surface area (TPSA) is 94.1 Å². The van der Waals surface area contributed by atoms with Crippen molar-refractivity contribution in [2.75, 3.05) is 6.54 Å². The van der Waals surface area contributed by atoms with Gasteiger partial charge in [0.25, 0.3) is 11.5 Å². The maximum atomic E-state index is 13.0. The number of fused-ring (bicyclic) bond motifs is 1. The summed E-state index contributed by atoms with van der Waals surface area (Å²) in [5.74, 6) is 0.328. The first-order valence-corrected chi connectivity index (χ1v) is 9.97. The fraction of sp³-hybridized carbons (Fsp3) is 0.381. The van der Waals surface area contributed by atoms with Crippen molar-refractivity contribution in [3.63, 3.8) is 0 Å². The first kappa shape index (κ1) is 17.8. The Kier molecular flexibility index (Phi) is 4.46. The summed E-state index contributed by atoms with van der Waals surface area (Å²) < 4.78 is 6.87. The van der Waals surface area contributed by atoms with Crippen LogP contribution < -0.4 is 5.56 Å². The molecule has 0 aromatic carbocycles. The third kappa shape index (κ3) is 3.35. The summed E-state index contributed by atoms with van der Waals surface area (Å²) in [7, 11) is 0. The zero-order chi connectivity index (χ0) is 19.8. The highest BCUT2D eigenvalue weighted by atomic mass is 16.5. The monoisotopic (exact) mass is 391 g/mol. The quantitative estimate of drug-likeness (QED) is 0.676. The summed E-state index contributed by atoms with van der Waals surface area (Å²) >= 11 is 0. The summed E-state index contributed by atoms with van der Waals surface area (Å²) in [5, 5.41) is 8.52. The van der Waals surface area contributed by atoms with Gasteiger partial charge in [-0.05, 0) is 49.8 Å². The van der Waals surface area contributed by atoms with Gasteiger partial charge >= 0.3 is 0 Å². The lowest BCUT2D eigenvalue weighted by molar-refractivity contribution is 0.0710. The lowest BCUT2D eigenvalue weighted by Gasteiger charge is -2.24. The van der Waals surface area contributed by atoms with Gasteiger partial charge in [-0.25, -0.2) is 4.68 Å². The predicted octanol–water partition coefficient (Wildman–Crippen LogP) is 2.09. The van der Waals surface area contributed by atoms with Crippen molar-refractivity contribution in [2.24, 2.45) is 0 Å². The normalized spacial score (nSPS) is 18.2. The number of carbonyl (C=O) groups excluding carboxylic acids is 1. The molecule has 1 amide bonds. The number of nitrogens with zero attached hydrogens (tertiary/aromatic N) is 5. The molecule has 0 bridgehead atoms. The van der Waals surface area contributed by atoms with Crippen molar-refractivity contribution in [1.82, 2.24) is 24.8 Å². The van der Waals surface area contributed by atoms with Crippen LogP contribution in [0.2, 0.25) is 0 Å². The Labute approximate surface area is 167 Å². The SMILES string of the molecule is O=C(c1cc(-c2cccnc2)on1)N1CCCC1Cn1nc2c(cc1=O)CCC2. The second-order valence-electron chi connectivity index (χ2n) is 7.60. The molecule has 1 aliphatic heterocycles. The first-order valence-electron chi connectivity index (χ1n) is 9.97. The first-order chi connectivity index (χ1) is 14.2. The number of aromatic nitrogens is 4. The molecule has 1 saturated heterocycles. The largest absolute Gasteiger partial charge is 0.355 e. The maximum absolute atomic E-state index is 13.0. The summed E-state index contributed by atoms with van der Waals surface area (Å²) in [5.41, 5.74) is 3.02. The number of hydrogen-bond donors (Lipinski definition) is 0. The minimum absolute atomic E-state index is 0.0781. The molecule has 29 heavy (non-hydrogen) atoms. The van der Waals surface area contributed by atoms with Crippen molar-refractivity contribution in [2.45, 2.75) is 44.7 Å². The maximum Gasteiger partial charge on any atom is 0.276 e. The standard InChI is InChI=1S/C21H21N5O3/c27-20-10-14-4-1-7-17(14)23-26(20)13-16-6-3-9-25(16)21(28)18-11-19(29-24-18)15-5-2-8-22-12-15/h2,5,8,10-12,16H,1,3-4,6-7,9,13H2. The molecule has 1 aliphatic carbocycles. The van der Waals surface area contributed by atoms with Gasteiger partial charge in [0.2, 0.25) is 0 Å². The average Bonchev–Trinajstić information content (AvgIpc) is 3.49. The van der Waals surface area contributed by atoms with E-state index in [2.05, 4.69) is 15.2 Å². The minimum Gasteiger partial charge on any atom is -0.355 e. The fourth-order valence-electron chi connectivity index (χ4n) is 4.23. The van der Waals surface area contributed by atoms with Crippen molar-refractivity contribution in [1.29, 1.82) is 0 Å². The third-order valence-corrected chi connectivity index (χ3v) is 5.72. The molecule has 1 unspecified atom stereocenters. The van der Waals surface area contributed by atoms with E-state index in [4.69, 9.17) is 4.52 Å². The van der Waals surface area contributed by atoms with Crippen molar-refractivity contribution < 1.29 is 9.32 Å². The summed E-state index contributed by atoms with van der Waals surface area (Å²) in [6.07, 6.45) is 7.96. The fourth-order valence-corrected chi connectivity index (χ4v) is 4.23. The number of amides is 1. The number of likely N-dealkylation sites (tertiary alicyclic amines) is 1. The molecular weight excluding hydrogens is 370 g/mol. The molecule has 4 heterocycles. The molecule has 0 saturated carbocycles. The number of pyridine rings is 1. The Bertz CT molecular complexity index is 1110. The second kappa shape index (κ2) is 7.27. The average molecular weight is 391 g/mol. The molecule has 0 spiro atoms. The highest BCUT2D eigenvalue weighted by Crippen LogP contribution is 2.24. The van der Waals surface area contributed by atoms with Crippen LogP contribution in [0.1, 0.15) is 41.0 Å². The van der Waals surface area contributed by atoms with Gasteiger partial charge in [-0.15, -0.1) is 0 Å². The van der Waals surface area contributed by atoms with Crippen molar-refractivity contribution in [3.8, 4) is 11.3 Å². The summed E-state index contributed by atoms with van der Waals surface area (Å²) in [6.45, 7) is 1.05. The summed E-state index contributed by atoms with van der Waals surface area (Å²) in [6, 6.07) is 6.93. The lowest BCUT2D eigenvalue weighted by atomic mass is 10.2. The van der Waals surface area contributed by atoms with Crippen molar-refractivity contribution in [3.05, 3.63) is 64.0 Å². The van der Waals surface area contributed by atoms with Gasteiger partial charge in [0, 0.05) is 36.6 Å². The smallest absolute Gasteiger partial charge is 0.276 e.